The molecule has 1 saturated carbocycles. The Bertz CT molecular complexity index is 169. The summed E-state index contributed by atoms with van der Waals surface area (Å²) in [5.41, 5.74) is 6.17. The van der Waals surface area contributed by atoms with Gasteiger partial charge in [-0.25, -0.2) is 0 Å². The Hall–Kier alpha value is -0.120. The van der Waals surface area contributed by atoms with Gasteiger partial charge in [0.2, 0.25) is 0 Å². The van der Waals surface area contributed by atoms with Crippen molar-refractivity contribution in [1.29, 1.82) is 0 Å². The molecule has 1 fully saturated rings. The van der Waals surface area contributed by atoms with E-state index in [1.54, 1.807) is 0 Å². The average molecular weight is 229 g/mol. The highest BCUT2D eigenvalue weighted by molar-refractivity contribution is 4.82. The Morgan fingerprint density at radius 3 is 2.38 bits per heavy atom. The summed E-state index contributed by atoms with van der Waals surface area (Å²) >= 11 is 0. The molecule has 0 spiro atoms. The highest BCUT2D eigenvalue weighted by Crippen LogP contribution is 2.29. The summed E-state index contributed by atoms with van der Waals surface area (Å²) in [6.07, 6.45) is 6.76. The fourth-order valence-corrected chi connectivity index (χ4v) is 2.61. The van der Waals surface area contributed by atoms with Crippen LogP contribution in [0.15, 0.2) is 0 Å². The molecule has 0 heterocycles. The summed E-state index contributed by atoms with van der Waals surface area (Å²) in [7, 11) is 0. The second-order valence-corrected chi connectivity index (χ2v) is 4.64. The number of rotatable bonds is 7. The Morgan fingerprint density at radius 2 is 1.81 bits per heavy atom. The van der Waals surface area contributed by atoms with Crippen molar-refractivity contribution in [2.75, 3.05) is 19.8 Å². The molecule has 1 aliphatic rings. The van der Waals surface area contributed by atoms with Crippen molar-refractivity contribution in [3.8, 4) is 0 Å². The molecular weight excluding hydrogens is 202 g/mol. The monoisotopic (exact) mass is 229 g/mol. The lowest BCUT2D eigenvalue weighted by atomic mass is 9.83. The Morgan fingerprint density at radius 1 is 1.12 bits per heavy atom. The molecule has 0 aromatic rings. The van der Waals surface area contributed by atoms with E-state index in [1.165, 1.54) is 32.1 Å². The van der Waals surface area contributed by atoms with E-state index in [-0.39, 0.29) is 12.1 Å². The first-order chi connectivity index (χ1) is 7.79. The van der Waals surface area contributed by atoms with Crippen molar-refractivity contribution < 1.29 is 9.47 Å². The zero-order valence-corrected chi connectivity index (χ0v) is 10.8. The fourth-order valence-electron chi connectivity index (χ4n) is 2.61. The van der Waals surface area contributed by atoms with Crippen LogP contribution in [0.25, 0.3) is 0 Å². The van der Waals surface area contributed by atoms with Crippen LogP contribution >= 0.6 is 0 Å². The van der Waals surface area contributed by atoms with Crippen LogP contribution in [-0.4, -0.2) is 32.0 Å². The first-order valence-electron chi connectivity index (χ1n) is 6.74. The van der Waals surface area contributed by atoms with E-state index in [9.17, 15) is 0 Å². The zero-order chi connectivity index (χ0) is 11.8. The second-order valence-electron chi connectivity index (χ2n) is 4.64. The third kappa shape index (κ3) is 4.40. The summed E-state index contributed by atoms with van der Waals surface area (Å²) in [6, 6.07) is 0.0306. The lowest BCUT2D eigenvalue weighted by molar-refractivity contribution is -0.0291. The van der Waals surface area contributed by atoms with Crippen LogP contribution in [-0.2, 0) is 9.47 Å². The lowest BCUT2D eigenvalue weighted by Gasteiger charge is -2.33. The number of hydrogen-bond donors (Lipinski definition) is 1. The molecule has 2 atom stereocenters. The van der Waals surface area contributed by atoms with Crippen LogP contribution in [0.5, 0.6) is 0 Å². The molecular formula is C13H27NO2. The molecule has 1 rings (SSSR count). The minimum atomic E-state index is 0.0306. The summed E-state index contributed by atoms with van der Waals surface area (Å²) in [6.45, 7) is 6.15. The second kappa shape index (κ2) is 8.04. The topological polar surface area (TPSA) is 44.5 Å². The smallest absolute Gasteiger partial charge is 0.0776 e. The van der Waals surface area contributed by atoms with Gasteiger partial charge in [0, 0.05) is 13.2 Å². The Balaban J connectivity index is 2.43. The largest absolute Gasteiger partial charge is 0.380 e. The lowest BCUT2D eigenvalue weighted by Crippen LogP contribution is -2.45. The average Bonchev–Trinajstić information content (AvgIpc) is 2.34. The van der Waals surface area contributed by atoms with Crippen LogP contribution in [0, 0.1) is 5.92 Å². The molecule has 2 unspecified atom stereocenters. The minimum absolute atomic E-state index is 0.0306. The van der Waals surface area contributed by atoms with Gasteiger partial charge in [-0.2, -0.15) is 0 Å². The first kappa shape index (κ1) is 13.9. The Kier molecular flexibility index (Phi) is 7.01. The van der Waals surface area contributed by atoms with E-state index in [0.717, 1.165) is 13.2 Å². The highest BCUT2D eigenvalue weighted by Gasteiger charge is 2.29. The van der Waals surface area contributed by atoms with Gasteiger partial charge < -0.3 is 15.2 Å². The van der Waals surface area contributed by atoms with E-state index in [1.807, 2.05) is 13.8 Å². The quantitative estimate of drug-likeness (QED) is 0.728. The van der Waals surface area contributed by atoms with Crippen LogP contribution < -0.4 is 5.73 Å². The van der Waals surface area contributed by atoms with E-state index in [2.05, 4.69) is 0 Å². The van der Waals surface area contributed by atoms with Gasteiger partial charge in [-0.1, -0.05) is 19.3 Å². The molecule has 3 heteroatoms. The third-order valence-corrected chi connectivity index (χ3v) is 3.41. The van der Waals surface area contributed by atoms with Crippen molar-refractivity contribution in [2.45, 2.75) is 58.1 Å². The maximum atomic E-state index is 6.17. The maximum absolute atomic E-state index is 6.17. The molecule has 2 N–H and O–H groups in total. The normalized spacial score (nSPS) is 21.9. The van der Waals surface area contributed by atoms with Gasteiger partial charge in [-0.05, 0) is 32.6 Å². The van der Waals surface area contributed by atoms with Crippen LogP contribution in [0.4, 0.5) is 0 Å². The molecule has 0 aliphatic heterocycles. The van der Waals surface area contributed by atoms with Crippen molar-refractivity contribution >= 4 is 0 Å². The minimum Gasteiger partial charge on any atom is -0.380 e. The standard InChI is InChI=1S/C13H27NO2/c1-3-15-10-12(14)13(16-4-2)11-8-6-5-7-9-11/h11-13H,3-10,14H2,1-2H3. The number of ether oxygens (including phenoxy) is 2. The molecule has 1 aliphatic carbocycles. The molecule has 0 amide bonds. The van der Waals surface area contributed by atoms with Gasteiger partial charge >= 0.3 is 0 Å². The number of nitrogens with two attached hydrogens (primary N) is 1. The highest BCUT2D eigenvalue weighted by atomic mass is 16.5. The predicted molar refractivity (Wildman–Crippen MR) is 66.5 cm³/mol. The SMILES string of the molecule is CCOCC(N)C(OCC)C1CCCCC1. The summed E-state index contributed by atoms with van der Waals surface area (Å²) in [5, 5.41) is 0. The van der Waals surface area contributed by atoms with Gasteiger partial charge in [0.25, 0.3) is 0 Å². The van der Waals surface area contributed by atoms with Gasteiger partial charge in [-0.3, -0.25) is 0 Å². The Labute approximate surface area is 99.7 Å². The zero-order valence-electron chi connectivity index (χ0n) is 10.8. The fraction of sp³-hybridized carbons (Fsp3) is 1.00. The summed E-state index contributed by atoms with van der Waals surface area (Å²) < 4.78 is 11.2. The maximum Gasteiger partial charge on any atom is 0.0776 e. The van der Waals surface area contributed by atoms with Crippen LogP contribution in [0.2, 0.25) is 0 Å². The molecule has 16 heavy (non-hydrogen) atoms. The molecule has 0 aromatic heterocycles. The summed E-state index contributed by atoms with van der Waals surface area (Å²) in [4.78, 5) is 0. The summed E-state index contributed by atoms with van der Waals surface area (Å²) in [5.74, 6) is 0.643. The van der Waals surface area contributed by atoms with E-state index < -0.39 is 0 Å². The van der Waals surface area contributed by atoms with E-state index in [0.29, 0.717) is 12.5 Å². The van der Waals surface area contributed by atoms with Gasteiger partial charge in [0.1, 0.15) is 0 Å². The van der Waals surface area contributed by atoms with Gasteiger partial charge in [-0.15, -0.1) is 0 Å². The van der Waals surface area contributed by atoms with Crippen LogP contribution in [0.3, 0.4) is 0 Å². The van der Waals surface area contributed by atoms with E-state index >= 15 is 0 Å². The van der Waals surface area contributed by atoms with Crippen molar-refractivity contribution in [3.63, 3.8) is 0 Å². The molecule has 96 valence electrons. The van der Waals surface area contributed by atoms with Crippen molar-refractivity contribution in [3.05, 3.63) is 0 Å². The molecule has 0 aromatic carbocycles. The molecule has 0 bridgehead atoms. The molecule has 0 saturated heterocycles. The third-order valence-electron chi connectivity index (χ3n) is 3.41. The van der Waals surface area contributed by atoms with Gasteiger partial charge in [0.05, 0.1) is 18.8 Å². The number of hydrogen-bond acceptors (Lipinski definition) is 3. The molecule has 0 radical (unpaired) electrons. The van der Waals surface area contributed by atoms with E-state index in [4.69, 9.17) is 15.2 Å². The van der Waals surface area contributed by atoms with Crippen molar-refractivity contribution in [2.24, 2.45) is 11.7 Å². The van der Waals surface area contributed by atoms with Gasteiger partial charge in [0.15, 0.2) is 0 Å². The van der Waals surface area contributed by atoms with Crippen molar-refractivity contribution in [1.82, 2.24) is 0 Å². The predicted octanol–water partition coefficient (Wildman–Crippen LogP) is 2.34. The first-order valence-corrected chi connectivity index (χ1v) is 6.74. The van der Waals surface area contributed by atoms with Crippen LogP contribution in [0.1, 0.15) is 46.0 Å². The molecule has 3 nitrogen and oxygen atoms in total.